The summed E-state index contributed by atoms with van der Waals surface area (Å²) >= 11 is 3.36. The molecule has 19 rings (SSSR count). The van der Waals surface area contributed by atoms with E-state index in [0.29, 0.717) is 49.7 Å². The van der Waals surface area contributed by atoms with E-state index in [0.717, 1.165) is 162 Å². The first kappa shape index (κ1) is 78.4. The van der Waals surface area contributed by atoms with Gasteiger partial charge in [0.25, 0.3) is 0 Å². The minimum atomic E-state index is -0.654. The molecule has 8 aromatic rings. The van der Waals surface area contributed by atoms with Crippen LogP contribution in [0, 0.1) is 23.7 Å². The van der Waals surface area contributed by atoms with Crippen molar-refractivity contribution in [2.24, 2.45) is 33.7 Å². The number of carbonyl (C=O) groups excluding carboxylic acids is 4. The van der Waals surface area contributed by atoms with Crippen molar-refractivity contribution in [2.75, 3.05) is 14.2 Å². The zero-order valence-electron chi connectivity index (χ0n) is 65.0. The summed E-state index contributed by atoms with van der Waals surface area (Å²) in [5.74, 6) is 5.99. The zero-order chi connectivity index (χ0) is 76.2. The van der Waals surface area contributed by atoms with E-state index in [1.165, 1.54) is 87.8 Å². The number of aromatic nitrogens is 4. The second-order valence-corrected chi connectivity index (χ2v) is 35.1. The molecule has 0 unspecified atom stereocenters. The van der Waals surface area contributed by atoms with Crippen molar-refractivity contribution in [3.8, 4) is 45.0 Å². The van der Waals surface area contributed by atoms with Gasteiger partial charge in [-0.15, -0.1) is 0 Å². The monoisotopic (exact) mass is 1580 g/mol. The number of carbonyl (C=O) groups is 4. The van der Waals surface area contributed by atoms with Gasteiger partial charge in [-0.25, -0.2) is 19.6 Å². The fraction of sp³-hybridized carbons (Fsp3) is 0.511. The maximum Gasteiger partial charge on any atom is 0.494 e. The van der Waals surface area contributed by atoms with E-state index in [-0.39, 0.29) is 62.7 Å². The molecule has 6 aromatic carbocycles. The molecule has 4 amide bonds. The van der Waals surface area contributed by atoms with E-state index in [4.69, 9.17) is 43.2 Å². The minimum Gasteiger partial charge on any atom is -0.488 e. The van der Waals surface area contributed by atoms with Crippen LogP contribution in [0.4, 0.5) is 21.0 Å². The fourth-order valence-corrected chi connectivity index (χ4v) is 20.2. The zero-order valence-corrected chi connectivity index (χ0v) is 66.6. The molecule has 112 heavy (non-hydrogen) atoms. The van der Waals surface area contributed by atoms with E-state index in [1.54, 1.807) is 0 Å². The summed E-state index contributed by atoms with van der Waals surface area (Å²) in [5.41, 5.74) is 15.6. The first-order chi connectivity index (χ1) is 53.1. The number of hydrogen-bond donors (Lipinski definition) is 4. The molecule has 0 bridgehead atoms. The van der Waals surface area contributed by atoms with Crippen molar-refractivity contribution in [1.82, 2.24) is 40.4 Å². The predicted molar refractivity (Wildman–Crippen MR) is 446 cm³/mol. The van der Waals surface area contributed by atoms with Crippen LogP contribution in [0.25, 0.3) is 55.1 Å². The van der Waals surface area contributed by atoms with Gasteiger partial charge in [-0.3, -0.25) is 19.6 Å². The average molecular weight is 1580 g/mol. The summed E-state index contributed by atoms with van der Waals surface area (Å²) in [6, 6.07) is 29.4. The highest BCUT2D eigenvalue weighted by Gasteiger charge is 2.54. The second kappa shape index (κ2) is 31.5. The van der Waals surface area contributed by atoms with Crippen LogP contribution in [0.15, 0.2) is 112 Å². The van der Waals surface area contributed by atoms with Crippen molar-refractivity contribution in [1.29, 1.82) is 0 Å². The topological polar surface area (TPSA) is 236 Å². The molecule has 7 fully saturated rings. The Bertz CT molecular complexity index is 5000. The van der Waals surface area contributed by atoms with Gasteiger partial charge >= 0.3 is 19.3 Å². The van der Waals surface area contributed by atoms with Crippen LogP contribution in [-0.4, -0.2) is 134 Å². The van der Waals surface area contributed by atoms with E-state index < -0.39 is 42.6 Å². The Morgan fingerprint density at radius 3 is 1.48 bits per heavy atom. The number of likely N-dealkylation sites (tertiary alicyclic amines) is 2. The summed E-state index contributed by atoms with van der Waals surface area (Å²) in [4.78, 5) is 83.3. The third kappa shape index (κ3) is 14.5. The summed E-state index contributed by atoms with van der Waals surface area (Å²) in [6.45, 7) is 17.1. The SMILES string of the molecule is Brc1cnc(C2CCCC2)[nH]1.C.C.COC(=O)N[C@H](C(=O)N1[C@H](C2=Nc3ccc4cc5c(cc4c3C2)OCc2cc(-c3cnc(C4CCCC4)[nH]3)ccc2-5)C[C@@H]2CCC[C@@H]21)C(C)C.COC(=O)N[C@H](C(=O)N1[C@H](C2=Nc3ccc4cc5c(cc4c3C2)OCc2cc(B3OC(C)(C)C(C)(C)O3)ccc2-5)C[C@@H]2CCC[C@@H]21)C(C)C. The van der Waals surface area contributed by atoms with Crippen molar-refractivity contribution >= 4 is 96.9 Å². The number of alkyl carbamates (subject to hydrolysis) is 2. The molecule has 22 heteroatoms. The molecular weight excluding hydrogens is 1470 g/mol. The molecule has 11 aliphatic rings. The Morgan fingerprint density at radius 2 is 1.02 bits per heavy atom. The average Bonchev–Trinajstić information content (AvgIpc) is 1.57. The summed E-state index contributed by atoms with van der Waals surface area (Å²) in [5, 5.41) is 10.2. The molecule has 590 valence electrons. The number of rotatable bonds is 12. The lowest BCUT2D eigenvalue weighted by molar-refractivity contribution is -0.137. The standard InChI is InChI=1S/C41H45N5O4.C39H46BN3O6.C8H11BrN2.2CH4/c1-22(2)38(45-41(48)49-3)40(47)46-35-10-6-9-26(35)17-36(46)33-18-30-29-19-37-31(16-24(29)12-14-32(30)43-33)28-13-11-25(15-27(28)21-50-37)34-20-42-39(44-34)23-7-4-5-8-23;1-21(2)35(42-37(45)46-7)36(44)43-32-10-8-9-23(32)17-33(43)31-18-28-27-19-34-29(16-22(27)11-14-30(28)41-31)26-13-12-25(15-24(26)20-47-34)40-48-38(3,4)39(5,6)49-40;9-7-5-10-8(11-7)6-3-1-2-4-6;;/h11-16,19-20,22-23,26,35-36,38H,4-10,17-18,21H2,1-3H3,(H,42,44)(H,45,48);11-16,19,21,23,32-33,35H,8-10,17-18,20H2,1-7H3,(H,42,45);5-6H,1-4H2,(H,10,11);2*1H4/t26-,35-,36-,38-;23-,32-,33-,35-;;;/m00.../s1. The van der Waals surface area contributed by atoms with Crippen LogP contribution in [0.1, 0.15) is 219 Å². The Morgan fingerprint density at radius 1 is 0.554 bits per heavy atom. The number of amides is 4. The molecule has 0 spiro atoms. The number of aromatic amines is 2. The van der Waals surface area contributed by atoms with E-state index in [9.17, 15) is 19.2 Å². The fourth-order valence-electron chi connectivity index (χ4n) is 19.9. The van der Waals surface area contributed by atoms with Gasteiger partial charge in [0.1, 0.15) is 53.0 Å². The number of ether oxygens (including phenoxy) is 4. The van der Waals surface area contributed by atoms with Crippen LogP contribution in [0.2, 0.25) is 0 Å². The normalized spacial score (nSPS) is 23.1. The molecule has 4 aliphatic carbocycles. The highest BCUT2D eigenvalue weighted by molar-refractivity contribution is 9.10. The van der Waals surface area contributed by atoms with E-state index >= 15 is 0 Å². The van der Waals surface area contributed by atoms with Crippen LogP contribution in [-0.2, 0) is 54.4 Å². The molecule has 2 aromatic heterocycles. The number of nitrogens with one attached hydrogen (secondary N) is 4. The molecule has 4 N–H and O–H groups in total. The molecule has 9 heterocycles. The maximum atomic E-state index is 14.2. The first-order valence-corrected chi connectivity index (χ1v) is 41.2. The van der Waals surface area contributed by atoms with Gasteiger partial charge in [0, 0.05) is 59.3 Å². The molecule has 20 nitrogen and oxygen atoms in total. The molecule has 0 radical (unpaired) electrons. The lowest BCUT2D eigenvalue weighted by Crippen LogP contribution is -2.56. The van der Waals surface area contributed by atoms with Crippen molar-refractivity contribution in [3.63, 3.8) is 0 Å². The Balaban J connectivity index is 0.000000153. The Labute approximate surface area is 667 Å². The number of imidazole rings is 2. The maximum absolute atomic E-state index is 14.2. The quantitative estimate of drug-likeness (QED) is 0.0836. The summed E-state index contributed by atoms with van der Waals surface area (Å²) < 4.78 is 36.3. The Kier molecular flexibility index (Phi) is 22.1. The van der Waals surface area contributed by atoms with Crippen LogP contribution in [0.3, 0.4) is 0 Å². The van der Waals surface area contributed by atoms with Crippen LogP contribution >= 0.6 is 15.9 Å². The molecular formula is C90H110BBrN10O10. The van der Waals surface area contributed by atoms with E-state index in [1.807, 2.05) is 40.1 Å². The number of fused-ring (bicyclic) bond motifs is 14. The summed E-state index contributed by atoms with van der Waals surface area (Å²) in [7, 11) is 2.25. The Hall–Kier alpha value is -8.86. The predicted octanol–water partition coefficient (Wildman–Crippen LogP) is 18.8. The highest BCUT2D eigenvalue weighted by atomic mass is 79.9. The van der Waals surface area contributed by atoms with Gasteiger partial charge in [0.05, 0.1) is 67.0 Å². The third-order valence-corrected chi connectivity index (χ3v) is 26.9. The van der Waals surface area contributed by atoms with E-state index in [2.05, 4.69) is 164 Å². The number of halogens is 1. The van der Waals surface area contributed by atoms with Crippen molar-refractivity contribution in [2.45, 2.75) is 258 Å². The molecule has 4 saturated carbocycles. The molecule has 7 aliphatic heterocycles. The van der Waals surface area contributed by atoms with Gasteiger partial charge < -0.3 is 58.7 Å². The van der Waals surface area contributed by atoms with Crippen molar-refractivity contribution < 1.29 is 47.4 Å². The largest absolute Gasteiger partial charge is 0.494 e. The second-order valence-electron chi connectivity index (χ2n) is 34.3. The number of aliphatic imine (C=N–C) groups is 2. The number of hydrogen-bond acceptors (Lipinski definition) is 14. The highest BCUT2D eigenvalue weighted by Crippen LogP contribution is 2.51. The number of benzene rings is 6. The molecule has 8 atom stereocenters. The van der Waals surface area contributed by atoms with Gasteiger partial charge in [-0.2, -0.15) is 0 Å². The first-order valence-electron chi connectivity index (χ1n) is 40.4. The van der Waals surface area contributed by atoms with Crippen molar-refractivity contribution in [3.05, 3.63) is 136 Å². The number of nitrogens with zero attached hydrogens (tertiary/aromatic N) is 6. The van der Waals surface area contributed by atoms with Gasteiger partial charge in [-0.1, -0.05) is 124 Å². The smallest absolute Gasteiger partial charge is 0.488 e. The minimum absolute atomic E-state index is 0. The van der Waals surface area contributed by atoms with Crippen LogP contribution < -0.4 is 25.6 Å². The third-order valence-electron chi connectivity index (χ3n) is 26.5. The van der Waals surface area contributed by atoms with Gasteiger partial charge in [0.15, 0.2) is 0 Å². The summed E-state index contributed by atoms with van der Waals surface area (Å²) in [6.07, 6.45) is 22.7. The molecule has 3 saturated heterocycles. The van der Waals surface area contributed by atoms with Gasteiger partial charge in [0.2, 0.25) is 11.8 Å². The lowest BCUT2D eigenvalue weighted by atomic mass is 9.77. The number of methoxy groups -OCH3 is 2. The number of H-pyrrole nitrogens is 2. The lowest BCUT2D eigenvalue weighted by Gasteiger charge is -2.34. The van der Waals surface area contributed by atoms with Crippen LogP contribution in [0.5, 0.6) is 11.5 Å². The van der Waals surface area contributed by atoms with Gasteiger partial charge in [-0.05, 0) is 240 Å².